The molecular weight excluding hydrogens is 360 g/mol. The summed E-state index contributed by atoms with van der Waals surface area (Å²) in [5.74, 6) is -0.200. The summed E-state index contributed by atoms with van der Waals surface area (Å²) in [5.41, 5.74) is 1.99. The molecule has 5 heteroatoms. The van der Waals surface area contributed by atoms with E-state index in [0.717, 1.165) is 57.2 Å². The van der Waals surface area contributed by atoms with Crippen LogP contribution in [0.5, 0.6) is 0 Å². The molecule has 4 nitrogen and oxygen atoms in total. The summed E-state index contributed by atoms with van der Waals surface area (Å²) in [6.07, 6.45) is 9.77. The second-order valence-corrected chi connectivity index (χ2v) is 8.34. The SMILES string of the molecule is O=C1C(c2ccc(Cl)cc2)=C(N2CCCCC2)C(=O)N1C1CCCCCC1. The van der Waals surface area contributed by atoms with Gasteiger partial charge in [0.05, 0.1) is 5.57 Å². The molecule has 2 amide bonds. The number of carbonyl (C=O) groups is 2. The Hall–Kier alpha value is -1.81. The molecule has 27 heavy (non-hydrogen) atoms. The molecule has 2 aliphatic heterocycles. The number of amides is 2. The van der Waals surface area contributed by atoms with Crippen molar-refractivity contribution in [1.29, 1.82) is 0 Å². The van der Waals surface area contributed by atoms with Gasteiger partial charge in [0.2, 0.25) is 0 Å². The fourth-order valence-electron chi connectivity index (χ4n) is 4.67. The Morgan fingerprint density at radius 1 is 0.778 bits per heavy atom. The summed E-state index contributed by atoms with van der Waals surface area (Å²) < 4.78 is 0. The second kappa shape index (κ2) is 8.05. The highest BCUT2D eigenvalue weighted by Gasteiger charge is 2.44. The van der Waals surface area contributed by atoms with Gasteiger partial charge in [-0.2, -0.15) is 0 Å². The van der Waals surface area contributed by atoms with Gasteiger partial charge in [-0.15, -0.1) is 0 Å². The number of benzene rings is 1. The monoisotopic (exact) mass is 386 g/mol. The lowest BCUT2D eigenvalue weighted by molar-refractivity contribution is -0.140. The average molecular weight is 387 g/mol. The predicted molar refractivity (Wildman–Crippen MR) is 107 cm³/mol. The van der Waals surface area contributed by atoms with E-state index in [2.05, 4.69) is 4.90 Å². The maximum Gasteiger partial charge on any atom is 0.278 e. The molecule has 0 radical (unpaired) electrons. The first kappa shape index (κ1) is 18.5. The number of halogens is 1. The van der Waals surface area contributed by atoms with E-state index in [-0.39, 0.29) is 17.9 Å². The molecule has 0 unspecified atom stereocenters. The van der Waals surface area contributed by atoms with Crippen LogP contribution in [0, 0.1) is 0 Å². The van der Waals surface area contributed by atoms with Crippen LogP contribution in [0.1, 0.15) is 63.4 Å². The Morgan fingerprint density at radius 3 is 2.00 bits per heavy atom. The minimum atomic E-state index is -0.116. The minimum Gasteiger partial charge on any atom is -0.366 e. The van der Waals surface area contributed by atoms with E-state index in [1.165, 1.54) is 19.3 Å². The van der Waals surface area contributed by atoms with Crippen LogP contribution in [0.2, 0.25) is 5.02 Å². The molecule has 1 aromatic rings. The Bertz CT molecular complexity index is 742. The molecule has 3 aliphatic rings. The summed E-state index contributed by atoms with van der Waals surface area (Å²) >= 11 is 6.05. The van der Waals surface area contributed by atoms with Crippen molar-refractivity contribution in [3.05, 3.63) is 40.5 Å². The molecule has 1 saturated carbocycles. The third-order valence-electron chi connectivity index (χ3n) is 6.09. The van der Waals surface area contributed by atoms with E-state index in [4.69, 9.17) is 11.6 Å². The van der Waals surface area contributed by atoms with Gasteiger partial charge in [0, 0.05) is 24.2 Å². The smallest absolute Gasteiger partial charge is 0.278 e. The normalized spacial score (nSPS) is 22.6. The lowest BCUT2D eigenvalue weighted by atomic mass is 10.0. The van der Waals surface area contributed by atoms with Crippen LogP contribution in [-0.4, -0.2) is 40.7 Å². The standard InChI is InChI=1S/C22H27ClN2O2/c23-17-12-10-16(11-13-17)19-20(24-14-6-3-7-15-24)22(27)25(21(19)26)18-8-4-1-2-5-9-18/h10-13,18H,1-9,14-15H2. The third kappa shape index (κ3) is 3.64. The van der Waals surface area contributed by atoms with Crippen LogP contribution in [0.15, 0.2) is 30.0 Å². The Kier molecular flexibility index (Phi) is 5.53. The maximum absolute atomic E-state index is 13.5. The molecule has 2 fully saturated rings. The highest BCUT2D eigenvalue weighted by molar-refractivity contribution is 6.36. The number of piperidine rings is 1. The van der Waals surface area contributed by atoms with Crippen molar-refractivity contribution in [3.8, 4) is 0 Å². The van der Waals surface area contributed by atoms with Gasteiger partial charge in [-0.1, -0.05) is 49.4 Å². The lowest BCUT2D eigenvalue weighted by Crippen LogP contribution is -2.43. The molecule has 0 spiro atoms. The number of imide groups is 1. The zero-order chi connectivity index (χ0) is 18.8. The van der Waals surface area contributed by atoms with E-state index in [1.54, 1.807) is 17.0 Å². The van der Waals surface area contributed by atoms with Crippen molar-refractivity contribution in [2.75, 3.05) is 13.1 Å². The van der Waals surface area contributed by atoms with Gasteiger partial charge in [0.1, 0.15) is 5.70 Å². The van der Waals surface area contributed by atoms with Crippen LogP contribution >= 0.6 is 11.6 Å². The fourth-order valence-corrected chi connectivity index (χ4v) is 4.80. The van der Waals surface area contributed by atoms with Gasteiger partial charge in [-0.3, -0.25) is 14.5 Å². The first-order valence-electron chi connectivity index (χ1n) is 10.3. The Morgan fingerprint density at radius 2 is 1.37 bits per heavy atom. The summed E-state index contributed by atoms with van der Waals surface area (Å²) in [6.45, 7) is 1.70. The van der Waals surface area contributed by atoms with E-state index >= 15 is 0 Å². The molecule has 0 N–H and O–H groups in total. The first-order valence-corrected chi connectivity index (χ1v) is 10.7. The van der Waals surface area contributed by atoms with Crippen LogP contribution in [0.25, 0.3) is 5.57 Å². The summed E-state index contributed by atoms with van der Waals surface area (Å²) in [6, 6.07) is 7.36. The quantitative estimate of drug-likeness (QED) is 0.561. The van der Waals surface area contributed by atoms with Gasteiger partial charge in [-0.25, -0.2) is 0 Å². The summed E-state index contributed by atoms with van der Waals surface area (Å²) in [7, 11) is 0. The van der Waals surface area contributed by atoms with Crippen molar-refractivity contribution in [1.82, 2.24) is 9.80 Å². The third-order valence-corrected chi connectivity index (χ3v) is 6.34. The average Bonchev–Trinajstić information content (AvgIpc) is 2.85. The van der Waals surface area contributed by atoms with E-state index in [1.807, 2.05) is 12.1 Å². The van der Waals surface area contributed by atoms with E-state index < -0.39 is 0 Å². The van der Waals surface area contributed by atoms with Crippen molar-refractivity contribution >= 4 is 29.0 Å². The highest BCUT2D eigenvalue weighted by Crippen LogP contribution is 2.36. The predicted octanol–water partition coefficient (Wildman–Crippen LogP) is 4.63. The largest absolute Gasteiger partial charge is 0.366 e. The van der Waals surface area contributed by atoms with Crippen molar-refractivity contribution in [3.63, 3.8) is 0 Å². The Balaban J connectivity index is 1.73. The highest BCUT2D eigenvalue weighted by atomic mass is 35.5. The number of hydrogen-bond acceptors (Lipinski definition) is 3. The molecule has 1 saturated heterocycles. The molecule has 2 heterocycles. The van der Waals surface area contributed by atoms with Crippen LogP contribution < -0.4 is 0 Å². The minimum absolute atomic E-state index is 0.0390. The molecule has 4 rings (SSSR count). The van der Waals surface area contributed by atoms with Crippen molar-refractivity contribution < 1.29 is 9.59 Å². The van der Waals surface area contributed by atoms with E-state index in [0.29, 0.717) is 16.3 Å². The topological polar surface area (TPSA) is 40.6 Å². The number of hydrogen-bond donors (Lipinski definition) is 0. The molecule has 144 valence electrons. The number of nitrogens with zero attached hydrogens (tertiary/aromatic N) is 2. The molecule has 0 atom stereocenters. The first-order chi connectivity index (χ1) is 13.2. The fraction of sp³-hybridized carbons (Fsp3) is 0.545. The van der Waals surface area contributed by atoms with Gasteiger partial charge in [0.15, 0.2) is 0 Å². The van der Waals surface area contributed by atoms with Gasteiger partial charge >= 0.3 is 0 Å². The van der Waals surface area contributed by atoms with Crippen molar-refractivity contribution in [2.24, 2.45) is 0 Å². The zero-order valence-electron chi connectivity index (χ0n) is 15.8. The number of rotatable bonds is 3. The van der Waals surface area contributed by atoms with Crippen molar-refractivity contribution in [2.45, 2.75) is 63.8 Å². The Labute approximate surface area is 166 Å². The molecule has 0 bridgehead atoms. The molecule has 0 aromatic heterocycles. The number of likely N-dealkylation sites (tertiary alicyclic amines) is 1. The van der Waals surface area contributed by atoms with Crippen LogP contribution in [0.4, 0.5) is 0 Å². The molecule has 1 aliphatic carbocycles. The zero-order valence-corrected chi connectivity index (χ0v) is 16.5. The molecule has 1 aromatic carbocycles. The second-order valence-electron chi connectivity index (χ2n) is 7.90. The van der Waals surface area contributed by atoms with Gasteiger partial charge < -0.3 is 4.90 Å². The number of carbonyl (C=O) groups excluding carboxylic acids is 2. The molecular formula is C22H27ClN2O2. The summed E-state index contributed by atoms with van der Waals surface area (Å²) in [4.78, 5) is 30.6. The lowest BCUT2D eigenvalue weighted by Gasteiger charge is -2.31. The maximum atomic E-state index is 13.5. The van der Waals surface area contributed by atoms with E-state index in [9.17, 15) is 9.59 Å². The van der Waals surface area contributed by atoms with Crippen LogP contribution in [0.3, 0.4) is 0 Å². The van der Waals surface area contributed by atoms with Gasteiger partial charge in [0.25, 0.3) is 11.8 Å². The van der Waals surface area contributed by atoms with Gasteiger partial charge in [-0.05, 0) is 49.8 Å². The van der Waals surface area contributed by atoms with Crippen LogP contribution in [-0.2, 0) is 9.59 Å². The summed E-state index contributed by atoms with van der Waals surface area (Å²) in [5, 5.41) is 0.635.